The van der Waals surface area contributed by atoms with Gasteiger partial charge < -0.3 is 19.5 Å². The van der Waals surface area contributed by atoms with Crippen molar-refractivity contribution in [2.24, 2.45) is 0 Å². The molecule has 1 saturated heterocycles. The molecule has 8 heteroatoms. The van der Waals surface area contributed by atoms with E-state index in [-0.39, 0.29) is 18.7 Å². The van der Waals surface area contributed by atoms with E-state index in [2.05, 4.69) is 5.32 Å². The Balaban J connectivity index is 2.05. The summed E-state index contributed by atoms with van der Waals surface area (Å²) < 4.78 is 16.6. The van der Waals surface area contributed by atoms with Gasteiger partial charge in [0, 0.05) is 37.8 Å². The maximum atomic E-state index is 12.5. The monoisotopic (exact) mass is 360 g/mol. The maximum Gasteiger partial charge on any atom is 0.321 e. The molecule has 0 aromatic heterocycles. The Labute approximate surface area is 144 Å². The molecule has 126 valence electrons. The number of fused-ring (bicyclic) bond motifs is 4. The molecule has 2 unspecified atom stereocenters. The molecule has 2 atom stereocenters. The summed E-state index contributed by atoms with van der Waals surface area (Å²) >= 11 is 12.4. The summed E-state index contributed by atoms with van der Waals surface area (Å²) in [6.45, 7) is 1.02. The van der Waals surface area contributed by atoms with Crippen LogP contribution in [0.2, 0.25) is 10.0 Å². The Bertz CT molecular complexity index is 628. The summed E-state index contributed by atoms with van der Waals surface area (Å²) in [5, 5.41) is 3.90. The topological polar surface area (TPSA) is 60.0 Å². The van der Waals surface area contributed by atoms with E-state index < -0.39 is 5.72 Å². The first-order valence-electron chi connectivity index (χ1n) is 7.25. The summed E-state index contributed by atoms with van der Waals surface area (Å²) in [4.78, 5) is 14.1. The molecule has 2 amide bonds. The van der Waals surface area contributed by atoms with Crippen LogP contribution in [0.25, 0.3) is 0 Å². The van der Waals surface area contributed by atoms with E-state index in [1.165, 1.54) is 0 Å². The summed E-state index contributed by atoms with van der Waals surface area (Å²) in [5.74, 6) is 0.534. The van der Waals surface area contributed by atoms with Crippen LogP contribution in [0, 0.1) is 0 Å². The van der Waals surface area contributed by atoms with E-state index in [9.17, 15) is 4.79 Å². The number of nitrogens with zero attached hydrogens (tertiary/aromatic N) is 1. The number of urea groups is 1. The highest BCUT2D eigenvalue weighted by molar-refractivity contribution is 6.35. The van der Waals surface area contributed by atoms with Gasteiger partial charge in [0.1, 0.15) is 12.4 Å². The number of benzene rings is 1. The predicted octanol–water partition coefficient (Wildman–Crippen LogP) is 2.83. The number of carbonyl (C=O) groups is 1. The van der Waals surface area contributed by atoms with E-state index >= 15 is 0 Å². The van der Waals surface area contributed by atoms with Crippen molar-refractivity contribution in [2.45, 2.75) is 18.2 Å². The molecular weight excluding hydrogens is 343 g/mol. The fraction of sp³-hybridized carbons (Fsp3) is 0.533. The SMILES string of the molecule is COCCN1C(=O)NC2CC1(COC)Oc1c(Cl)cc(Cl)cc12. The molecule has 1 aromatic carbocycles. The molecule has 0 spiro atoms. The minimum absolute atomic E-state index is 0.225. The van der Waals surface area contributed by atoms with Crippen molar-refractivity contribution < 1.29 is 19.0 Å². The van der Waals surface area contributed by atoms with E-state index in [4.69, 9.17) is 37.4 Å². The van der Waals surface area contributed by atoms with Crippen molar-refractivity contribution in [3.63, 3.8) is 0 Å². The molecule has 2 aliphatic rings. The molecule has 0 radical (unpaired) electrons. The van der Waals surface area contributed by atoms with Crippen LogP contribution >= 0.6 is 23.2 Å². The number of halogens is 2. The van der Waals surface area contributed by atoms with Crippen LogP contribution in [0.4, 0.5) is 4.79 Å². The highest BCUT2D eigenvalue weighted by atomic mass is 35.5. The first-order chi connectivity index (χ1) is 11.0. The summed E-state index contributed by atoms with van der Waals surface area (Å²) in [7, 11) is 3.16. The second kappa shape index (κ2) is 6.36. The zero-order valence-electron chi connectivity index (χ0n) is 12.9. The number of rotatable bonds is 5. The van der Waals surface area contributed by atoms with Gasteiger partial charge in [-0.05, 0) is 12.1 Å². The maximum absolute atomic E-state index is 12.5. The smallest absolute Gasteiger partial charge is 0.321 e. The lowest BCUT2D eigenvalue weighted by Gasteiger charge is -2.52. The van der Waals surface area contributed by atoms with Crippen LogP contribution in [-0.2, 0) is 9.47 Å². The molecule has 1 fully saturated rings. The van der Waals surface area contributed by atoms with E-state index in [1.807, 2.05) is 0 Å². The largest absolute Gasteiger partial charge is 0.463 e. The Morgan fingerprint density at radius 3 is 2.87 bits per heavy atom. The fourth-order valence-corrected chi connectivity index (χ4v) is 3.74. The second-order valence-electron chi connectivity index (χ2n) is 5.64. The Kier molecular flexibility index (Phi) is 4.60. The van der Waals surface area contributed by atoms with Crippen molar-refractivity contribution in [1.29, 1.82) is 0 Å². The zero-order valence-corrected chi connectivity index (χ0v) is 14.4. The van der Waals surface area contributed by atoms with Gasteiger partial charge in [-0.1, -0.05) is 23.2 Å². The Hall–Kier alpha value is -1.21. The van der Waals surface area contributed by atoms with E-state index in [0.717, 1.165) is 5.56 Å². The summed E-state index contributed by atoms with van der Waals surface area (Å²) in [5.41, 5.74) is -0.126. The normalized spacial score (nSPS) is 25.7. The highest BCUT2D eigenvalue weighted by Gasteiger charge is 2.52. The molecule has 1 aromatic rings. The van der Waals surface area contributed by atoms with Crippen molar-refractivity contribution in [2.75, 3.05) is 34.0 Å². The van der Waals surface area contributed by atoms with E-state index in [1.54, 1.807) is 31.3 Å². The molecule has 6 nitrogen and oxygen atoms in total. The average molecular weight is 361 g/mol. The third-order valence-electron chi connectivity index (χ3n) is 4.15. The zero-order chi connectivity index (χ0) is 16.6. The number of carbonyl (C=O) groups excluding carboxylic acids is 1. The molecule has 2 heterocycles. The van der Waals surface area contributed by atoms with Gasteiger partial charge in [-0.15, -0.1) is 0 Å². The molecule has 2 aliphatic heterocycles. The first-order valence-corrected chi connectivity index (χ1v) is 8.00. The van der Waals surface area contributed by atoms with Crippen LogP contribution in [0.3, 0.4) is 0 Å². The lowest BCUT2D eigenvalue weighted by Crippen LogP contribution is -2.68. The number of hydrogen-bond donors (Lipinski definition) is 1. The van der Waals surface area contributed by atoms with Crippen LogP contribution in [0.5, 0.6) is 5.75 Å². The van der Waals surface area contributed by atoms with Gasteiger partial charge >= 0.3 is 6.03 Å². The predicted molar refractivity (Wildman–Crippen MR) is 86.2 cm³/mol. The first kappa shape index (κ1) is 16.6. The summed E-state index contributed by atoms with van der Waals surface area (Å²) in [6, 6.07) is 2.95. The van der Waals surface area contributed by atoms with Crippen LogP contribution in [-0.4, -0.2) is 50.6 Å². The van der Waals surface area contributed by atoms with Gasteiger partial charge in [0.25, 0.3) is 0 Å². The molecule has 1 N–H and O–H groups in total. The van der Waals surface area contributed by atoms with Crippen molar-refractivity contribution >= 4 is 29.2 Å². The molecule has 0 saturated carbocycles. The standard InChI is InChI=1S/C15H18Cl2N2O4/c1-21-4-3-19-14(20)18-12-7-15(19,8-22-2)23-13-10(12)5-9(16)6-11(13)17/h5-6,12H,3-4,7-8H2,1-2H3,(H,18,20). The van der Waals surface area contributed by atoms with E-state index in [0.29, 0.717) is 35.4 Å². The van der Waals surface area contributed by atoms with Gasteiger partial charge in [-0.25, -0.2) is 4.79 Å². The van der Waals surface area contributed by atoms with Gasteiger partial charge in [-0.2, -0.15) is 0 Å². The lowest BCUT2D eigenvalue weighted by molar-refractivity contribution is -0.138. The number of amides is 2. The molecular formula is C15H18Cl2N2O4. The molecule has 3 rings (SSSR count). The Morgan fingerprint density at radius 1 is 1.39 bits per heavy atom. The van der Waals surface area contributed by atoms with Gasteiger partial charge in [-0.3, -0.25) is 4.90 Å². The number of hydrogen-bond acceptors (Lipinski definition) is 4. The number of nitrogens with one attached hydrogen (secondary N) is 1. The number of methoxy groups -OCH3 is 2. The number of ether oxygens (including phenoxy) is 3. The van der Waals surface area contributed by atoms with Crippen LogP contribution < -0.4 is 10.1 Å². The third kappa shape index (κ3) is 2.85. The van der Waals surface area contributed by atoms with Crippen molar-refractivity contribution in [3.05, 3.63) is 27.7 Å². The minimum Gasteiger partial charge on any atom is -0.463 e. The average Bonchev–Trinajstić information content (AvgIpc) is 2.48. The van der Waals surface area contributed by atoms with Crippen molar-refractivity contribution in [1.82, 2.24) is 10.2 Å². The van der Waals surface area contributed by atoms with Crippen LogP contribution in [0.1, 0.15) is 18.0 Å². The second-order valence-corrected chi connectivity index (χ2v) is 6.48. The molecule has 0 aliphatic carbocycles. The third-order valence-corrected chi connectivity index (χ3v) is 4.65. The molecule has 2 bridgehead atoms. The molecule has 23 heavy (non-hydrogen) atoms. The van der Waals surface area contributed by atoms with Gasteiger partial charge in [0.15, 0.2) is 0 Å². The quantitative estimate of drug-likeness (QED) is 0.876. The van der Waals surface area contributed by atoms with Crippen LogP contribution in [0.15, 0.2) is 12.1 Å². The highest BCUT2D eigenvalue weighted by Crippen LogP contribution is 2.48. The van der Waals surface area contributed by atoms with Crippen molar-refractivity contribution in [3.8, 4) is 5.75 Å². The minimum atomic E-state index is -0.912. The Morgan fingerprint density at radius 2 is 2.17 bits per heavy atom. The summed E-state index contributed by atoms with van der Waals surface area (Å²) in [6.07, 6.45) is 0.542. The lowest BCUT2D eigenvalue weighted by atomic mass is 9.89. The fourth-order valence-electron chi connectivity index (χ4n) is 3.19. The van der Waals surface area contributed by atoms with Gasteiger partial charge in [0.2, 0.25) is 5.72 Å². The van der Waals surface area contributed by atoms with Gasteiger partial charge in [0.05, 0.1) is 17.7 Å².